The average molecular weight is 317 g/mol. The quantitative estimate of drug-likeness (QED) is 0.943. The van der Waals surface area contributed by atoms with E-state index in [2.05, 4.69) is 23.8 Å². The third-order valence-electron chi connectivity index (χ3n) is 3.72. The summed E-state index contributed by atoms with van der Waals surface area (Å²) in [6.45, 7) is 2.39. The van der Waals surface area contributed by atoms with Crippen LogP contribution in [0.2, 0.25) is 0 Å². The molecule has 0 aromatic heterocycles. The fourth-order valence-electron chi connectivity index (χ4n) is 2.63. The molecule has 22 heavy (non-hydrogen) atoms. The van der Waals surface area contributed by atoms with Gasteiger partial charge in [-0.2, -0.15) is 0 Å². The van der Waals surface area contributed by atoms with E-state index in [1.54, 1.807) is 0 Å². The van der Waals surface area contributed by atoms with E-state index in [-0.39, 0.29) is 6.10 Å². The zero-order valence-corrected chi connectivity index (χ0v) is 13.5. The van der Waals surface area contributed by atoms with Crippen LogP contribution in [0.5, 0.6) is 5.75 Å². The van der Waals surface area contributed by atoms with Crippen molar-refractivity contribution in [3.05, 3.63) is 53.6 Å². The van der Waals surface area contributed by atoms with Crippen LogP contribution in [0, 0.1) is 0 Å². The molecule has 0 amide bonds. The van der Waals surface area contributed by atoms with Gasteiger partial charge in [0, 0.05) is 13.0 Å². The van der Waals surface area contributed by atoms with Gasteiger partial charge in [-0.25, -0.2) is 13.1 Å². The zero-order chi connectivity index (χ0) is 15.7. The van der Waals surface area contributed by atoms with E-state index in [9.17, 15) is 8.42 Å². The second-order valence-corrected chi connectivity index (χ2v) is 7.58. The number of nitrogens with one attached hydrogen (secondary N) is 1. The highest BCUT2D eigenvalue weighted by Gasteiger charge is 2.19. The highest BCUT2D eigenvalue weighted by Crippen LogP contribution is 2.32. The van der Waals surface area contributed by atoms with Gasteiger partial charge in [0.05, 0.1) is 6.26 Å². The van der Waals surface area contributed by atoms with Crippen molar-refractivity contribution in [2.75, 3.05) is 6.26 Å². The molecule has 0 spiro atoms. The van der Waals surface area contributed by atoms with Crippen LogP contribution in [-0.4, -0.2) is 20.8 Å². The first kappa shape index (κ1) is 15.1. The van der Waals surface area contributed by atoms with Crippen LogP contribution < -0.4 is 9.46 Å². The van der Waals surface area contributed by atoms with E-state index in [1.807, 2.05) is 30.3 Å². The smallest absolute Gasteiger partial charge is 0.209 e. The van der Waals surface area contributed by atoms with E-state index >= 15 is 0 Å². The summed E-state index contributed by atoms with van der Waals surface area (Å²) in [7, 11) is -3.16. The van der Waals surface area contributed by atoms with Crippen molar-refractivity contribution in [3.8, 4) is 16.9 Å². The number of hydrogen-bond donors (Lipinski definition) is 1. The van der Waals surface area contributed by atoms with Crippen molar-refractivity contribution in [1.29, 1.82) is 0 Å². The van der Waals surface area contributed by atoms with Gasteiger partial charge in [0.25, 0.3) is 0 Å². The topological polar surface area (TPSA) is 55.4 Å². The lowest BCUT2D eigenvalue weighted by Gasteiger charge is -2.07. The molecule has 4 nitrogen and oxygen atoms in total. The summed E-state index contributed by atoms with van der Waals surface area (Å²) in [4.78, 5) is 0. The number of ether oxygens (including phenoxy) is 1. The highest BCUT2D eigenvalue weighted by atomic mass is 32.2. The molecule has 1 aliphatic rings. The minimum absolute atomic E-state index is 0.245. The van der Waals surface area contributed by atoms with E-state index in [1.165, 1.54) is 5.56 Å². The van der Waals surface area contributed by atoms with E-state index < -0.39 is 10.0 Å². The lowest BCUT2D eigenvalue weighted by Crippen LogP contribution is -2.21. The molecule has 116 valence electrons. The summed E-state index contributed by atoms with van der Waals surface area (Å²) in [5.74, 6) is 0.977. The van der Waals surface area contributed by atoms with Gasteiger partial charge < -0.3 is 4.74 Å². The molecular formula is C17H19NO3S. The van der Waals surface area contributed by atoms with Crippen molar-refractivity contribution >= 4 is 10.0 Å². The van der Waals surface area contributed by atoms with Gasteiger partial charge in [-0.15, -0.1) is 0 Å². The summed E-state index contributed by atoms with van der Waals surface area (Å²) >= 11 is 0. The van der Waals surface area contributed by atoms with Crippen LogP contribution in [0.15, 0.2) is 42.5 Å². The first-order chi connectivity index (χ1) is 10.4. The fourth-order valence-corrected chi connectivity index (χ4v) is 3.06. The van der Waals surface area contributed by atoms with Crippen LogP contribution in [0.25, 0.3) is 11.1 Å². The van der Waals surface area contributed by atoms with Crippen LogP contribution in [0.1, 0.15) is 18.1 Å². The Morgan fingerprint density at radius 3 is 2.50 bits per heavy atom. The molecule has 0 aliphatic carbocycles. The molecule has 1 atom stereocenters. The van der Waals surface area contributed by atoms with Crippen LogP contribution in [0.3, 0.4) is 0 Å². The Balaban J connectivity index is 1.77. The molecular weight excluding hydrogens is 298 g/mol. The van der Waals surface area contributed by atoms with Crippen LogP contribution in [0.4, 0.5) is 0 Å². The molecule has 0 bridgehead atoms. The maximum absolute atomic E-state index is 11.1. The average Bonchev–Trinajstić information content (AvgIpc) is 2.84. The lowest BCUT2D eigenvalue weighted by molar-refractivity contribution is 0.254. The fraction of sp³-hybridized carbons (Fsp3) is 0.294. The molecule has 1 heterocycles. The van der Waals surface area contributed by atoms with Crippen molar-refractivity contribution in [3.63, 3.8) is 0 Å². The van der Waals surface area contributed by atoms with Gasteiger partial charge in [-0.05, 0) is 41.3 Å². The molecule has 3 rings (SSSR count). The standard InChI is InChI=1S/C17H19NO3S/c1-12-9-16-10-15(7-8-17(16)21-12)14-5-3-13(4-6-14)11-18-22(2,19)20/h3-8,10,12,18H,9,11H2,1-2H3. The van der Waals surface area contributed by atoms with Crippen molar-refractivity contribution in [1.82, 2.24) is 4.72 Å². The Kier molecular flexibility index (Phi) is 3.93. The minimum atomic E-state index is -3.16. The molecule has 5 heteroatoms. The third-order valence-corrected chi connectivity index (χ3v) is 4.39. The molecule has 2 aromatic carbocycles. The maximum Gasteiger partial charge on any atom is 0.209 e. The van der Waals surface area contributed by atoms with Crippen LogP contribution >= 0.6 is 0 Å². The Morgan fingerprint density at radius 2 is 1.82 bits per heavy atom. The highest BCUT2D eigenvalue weighted by molar-refractivity contribution is 7.88. The number of rotatable bonds is 4. The SMILES string of the molecule is CC1Cc2cc(-c3ccc(CNS(C)(=O)=O)cc3)ccc2O1. The van der Waals surface area contributed by atoms with Gasteiger partial charge in [-0.3, -0.25) is 0 Å². The summed E-state index contributed by atoms with van der Waals surface area (Å²) in [5.41, 5.74) is 4.45. The molecule has 2 aromatic rings. The molecule has 1 unspecified atom stereocenters. The predicted molar refractivity (Wildman–Crippen MR) is 87.4 cm³/mol. The van der Waals surface area contributed by atoms with E-state index in [0.29, 0.717) is 6.54 Å². The Labute approximate surface area is 131 Å². The summed E-state index contributed by atoms with van der Waals surface area (Å²) in [6, 6.07) is 14.2. The molecule has 0 fully saturated rings. The summed E-state index contributed by atoms with van der Waals surface area (Å²) in [5, 5.41) is 0. The first-order valence-corrected chi connectivity index (χ1v) is 9.13. The summed E-state index contributed by atoms with van der Waals surface area (Å²) in [6.07, 6.45) is 2.35. The largest absolute Gasteiger partial charge is 0.490 e. The molecule has 0 radical (unpaired) electrons. The second kappa shape index (κ2) is 5.74. The van der Waals surface area contributed by atoms with Gasteiger partial charge in [0.15, 0.2) is 0 Å². The van der Waals surface area contributed by atoms with E-state index in [4.69, 9.17) is 4.74 Å². The van der Waals surface area contributed by atoms with Gasteiger partial charge in [0.2, 0.25) is 10.0 Å². The monoisotopic (exact) mass is 317 g/mol. The van der Waals surface area contributed by atoms with Crippen molar-refractivity contribution in [2.24, 2.45) is 0 Å². The summed E-state index contributed by atoms with van der Waals surface area (Å²) < 4.78 is 30.4. The number of hydrogen-bond acceptors (Lipinski definition) is 3. The molecule has 0 saturated heterocycles. The number of benzene rings is 2. The Hall–Kier alpha value is -1.85. The Morgan fingerprint density at radius 1 is 1.14 bits per heavy atom. The van der Waals surface area contributed by atoms with Gasteiger partial charge in [-0.1, -0.05) is 30.3 Å². The first-order valence-electron chi connectivity index (χ1n) is 7.24. The van der Waals surface area contributed by atoms with Gasteiger partial charge in [0.1, 0.15) is 11.9 Å². The Bertz CT molecular complexity index is 782. The lowest BCUT2D eigenvalue weighted by atomic mass is 10.0. The molecule has 0 saturated carbocycles. The zero-order valence-electron chi connectivity index (χ0n) is 12.7. The third kappa shape index (κ3) is 3.48. The minimum Gasteiger partial charge on any atom is -0.490 e. The van der Waals surface area contributed by atoms with Gasteiger partial charge >= 0.3 is 0 Å². The van der Waals surface area contributed by atoms with Crippen molar-refractivity contribution in [2.45, 2.75) is 26.0 Å². The van der Waals surface area contributed by atoms with Crippen molar-refractivity contribution < 1.29 is 13.2 Å². The predicted octanol–water partition coefficient (Wildman–Crippen LogP) is 2.73. The van der Waals surface area contributed by atoms with E-state index in [0.717, 1.165) is 35.1 Å². The molecule has 1 N–H and O–H groups in total. The number of fused-ring (bicyclic) bond motifs is 1. The number of sulfonamides is 1. The normalized spacial score (nSPS) is 17.1. The second-order valence-electron chi connectivity index (χ2n) is 5.75. The van der Waals surface area contributed by atoms with Crippen LogP contribution in [-0.2, 0) is 23.0 Å². The maximum atomic E-state index is 11.1. The molecule has 1 aliphatic heterocycles.